The summed E-state index contributed by atoms with van der Waals surface area (Å²) in [6.07, 6.45) is 0.766. The van der Waals surface area contributed by atoms with Gasteiger partial charge in [-0.25, -0.2) is 15.0 Å². The molecule has 2 aromatic heterocycles. The van der Waals surface area contributed by atoms with Crippen LogP contribution in [0.2, 0.25) is 0 Å². The van der Waals surface area contributed by atoms with E-state index in [1.54, 1.807) is 11.3 Å². The molecular formula is C15H22N4S. The van der Waals surface area contributed by atoms with Crippen LogP contribution in [0.15, 0.2) is 11.4 Å². The number of hydrogen-bond acceptors (Lipinski definition) is 5. The molecule has 2 aromatic rings. The number of nitrogens with zero attached hydrogens (tertiary/aromatic N) is 3. The van der Waals surface area contributed by atoms with Crippen molar-refractivity contribution in [2.24, 2.45) is 0 Å². The molecule has 108 valence electrons. The van der Waals surface area contributed by atoms with Crippen LogP contribution in [0.25, 0.3) is 0 Å². The number of thiazole rings is 1. The van der Waals surface area contributed by atoms with Gasteiger partial charge >= 0.3 is 0 Å². The Hall–Kier alpha value is -1.49. The summed E-state index contributed by atoms with van der Waals surface area (Å²) in [4.78, 5) is 13.6. The zero-order chi connectivity index (χ0) is 14.8. The lowest BCUT2D eigenvalue weighted by Gasteiger charge is -2.14. The summed E-state index contributed by atoms with van der Waals surface area (Å²) < 4.78 is 0. The van der Waals surface area contributed by atoms with Gasteiger partial charge in [0.15, 0.2) is 0 Å². The van der Waals surface area contributed by atoms with Gasteiger partial charge < -0.3 is 5.32 Å². The molecule has 0 amide bonds. The van der Waals surface area contributed by atoms with Gasteiger partial charge in [0.05, 0.1) is 16.4 Å². The van der Waals surface area contributed by atoms with Crippen molar-refractivity contribution < 1.29 is 0 Å². The molecule has 2 rings (SSSR count). The van der Waals surface area contributed by atoms with Crippen molar-refractivity contribution in [2.45, 2.75) is 46.5 Å². The molecule has 0 bridgehead atoms. The molecule has 0 fully saturated rings. The summed E-state index contributed by atoms with van der Waals surface area (Å²) in [7, 11) is 0. The second-order valence-electron chi connectivity index (χ2n) is 5.88. The van der Waals surface area contributed by atoms with Gasteiger partial charge in [0.1, 0.15) is 11.6 Å². The maximum atomic E-state index is 4.72. The van der Waals surface area contributed by atoms with Gasteiger partial charge in [0.2, 0.25) is 0 Å². The zero-order valence-electron chi connectivity index (χ0n) is 12.8. The molecule has 4 nitrogen and oxygen atoms in total. The molecular weight excluding hydrogens is 268 g/mol. The number of nitrogens with one attached hydrogen (secondary N) is 1. The average molecular weight is 290 g/mol. The Labute approximate surface area is 124 Å². The minimum absolute atomic E-state index is 0.102. The molecule has 0 aliphatic heterocycles. The first-order valence-corrected chi connectivity index (χ1v) is 7.79. The van der Waals surface area contributed by atoms with Gasteiger partial charge in [-0.2, -0.15) is 0 Å². The molecule has 0 aromatic carbocycles. The molecule has 0 spiro atoms. The van der Waals surface area contributed by atoms with E-state index in [0.717, 1.165) is 41.0 Å². The van der Waals surface area contributed by atoms with E-state index in [9.17, 15) is 0 Å². The van der Waals surface area contributed by atoms with Crippen molar-refractivity contribution >= 4 is 17.2 Å². The van der Waals surface area contributed by atoms with Gasteiger partial charge in [0.25, 0.3) is 0 Å². The van der Waals surface area contributed by atoms with Crippen molar-refractivity contribution in [1.82, 2.24) is 15.0 Å². The molecule has 0 saturated heterocycles. The molecule has 0 aliphatic carbocycles. The second-order valence-corrected chi connectivity index (χ2v) is 6.82. The fourth-order valence-corrected chi connectivity index (χ4v) is 2.92. The largest absolute Gasteiger partial charge is 0.370 e. The van der Waals surface area contributed by atoms with Gasteiger partial charge in [-0.05, 0) is 13.8 Å². The summed E-state index contributed by atoms with van der Waals surface area (Å²) in [5.41, 5.74) is 2.27. The first-order chi connectivity index (χ1) is 9.38. The van der Waals surface area contributed by atoms with E-state index >= 15 is 0 Å². The number of aromatic nitrogens is 3. The van der Waals surface area contributed by atoms with E-state index in [1.807, 2.05) is 13.0 Å². The highest BCUT2D eigenvalue weighted by Crippen LogP contribution is 2.25. The molecule has 20 heavy (non-hydrogen) atoms. The highest BCUT2D eigenvalue weighted by Gasteiger charge is 2.17. The summed E-state index contributed by atoms with van der Waals surface area (Å²) in [6.45, 7) is 11.4. The highest BCUT2D eigenvalue weighted by molar-refractivity contribution is 7.09. The fourth-order valence-electron chi connectivity index (χ4n) is 1.88. The average Bonchev–Trinajstić information content (AvgIpc) is 2.76. The Bertz CT molecular complexity index is 584. The molecule has 0 unspecified atom stereocenters. The number of hydrogen-bond donors (Lipinski definition) is 1. The first kappa shape index (κ1) is 14.9. The van der Waals surface area contributed by atoms with E-state index in [4.69, 9.17) is 4.98 Å². The fraction of sp³-hybridized carbons (Fsp3) is 0.533. The van der Waals surface area contributed by atoms with Crippen LogP contribution in [0.5, 0.6) is 0 Å². The van der Waals surface area contributed by atoms with Crippen molar-refractivity contribution in [3.63, 3.8) is 0 Å². The zero-order valence-corrected chi connectivity index (χ0v) is 13.6. The highest BCUT2D eigenvalue weighted by atomic mass is 32.1. The predicted molar refractivity (Wildman–Crippen MR) is 84.6 cm³/mol. The Morgan fingerprint density at radius 2 is 1.95 bits per heavy atom. The van der Waals surface area contributed by atoms with E-state index in [2.05, 4.69) is 48.4 Å². The topological polar surface area (TPSA) is 50.7 Å². The smallest absolute Gasteiger partial charge is 0.129 e. The monoisotopic (exact) mass is 290 g/mol. The third-order valence-electron chi connectivity index (χ3n) is 2.90. The molecule has 2 heterocycles. The lowest BCUT2D eigenvalue weighted by atomic mass is 9.93. The molecule has 0 aliphatic rings. The van der Waals surface area contributed by atoms with Gasteiger partial charge in [-0.1, -0.05) is 20.8 Å². The van der Waals surface area contributed by atoms with Gasteiger partial charge in [0, 0.05) is 29.8 Å². The van der Waals surface area contributed by atoms with Crippen LogP contribution in [0.3, 0.4) is 0 Å². The number of aryl methyl sites for hydroxylation is 1. The molecule has 0 atom stereocenters. The van der Waals surface area contributed by atoms with E-state index in [-0.39, 0.29) is 5.41 Å². The van der Waals surface area contributed by atoms with Crippen LogP contribution in [-0.4, -0.2) is 21.5 Å². The Kier molecular flexibility index (Phi) is 4.38. The minimum atomic E-state index is 0.102. The third kappa shape index (κ3) is 3.76. The van der Waals surface area contributed by atoms with Gasteiger partial charge in [-0.15, -0.1) is 11.3 Å². The van der Waals surface area contributed by atoms with Crippen LogP contribution in [0.1, 0.15) is 49.9 Å². The summed E-state index contributed by atoms with van der Waals surface area (Å²) in [6, 6.07) is 2.01. The SMILES string of the molecule is CCNc1cc(Cc2nc(C(C)(C)C)cs2)nc(C)n1. The van der Waals surface area contributed by atoms with E-state index in [1.165, 1.54) is 0 Å². The molecule has 0 saturated carbocycles. The van der Waals surface area contributed by atoms with Crippen molar-refractivity contribution in [1.29, 1.82) is 0 Å². The Morgan fingerprint density at radius 1 is 1.20 bits per heavy atom. The van der Waals surface area contributed by atoms with Crippen LogP contribution in [0.4, 0.5) is 5.82 Å². The summed E-state index contributed by atoms with van der Waals surface area (Å²) in [5, 5.41) is 6.49. The lowest BCUT2D eigenvalue weighted by molar-refractivity contribution is 0.571. The van der Waals surface area contributed by atoms with Crippen molar-refractivity contribution in [3.8, 4) is 0 Å². The first-order valence-electron chi connectivity index (χ1n) is 6.92. The summed E-state index contributed by atoms with van der Waals surface area (Å²) in [5.74, 6) is 1.69. The molecule has 0 radical (unpaired) electrons. The number of anilines is 1. The lowest BCUT2D eigenvalue weighted by Crippen LogP contribution is -2.11. The maximum Gasteiger partial charge on any atom is 0.129 e. The second kappa shape index (κ2) is 5.87. The van der Waals surface area contributed by atoms with Crippen molar-refractivity contribution in [3.05, 3.63) is 33.7 Å². The van der Waals surface area contributed by atoms with Crippen LogP contribution >= 0.6 is 11.3 Å². The molecule has 1 N–H and O–H groups in total. The van der Waals surface area contributed by atoms with Crippen molar-refractivity contribution in [2.75, 3.05) is 11.9 Å². The quantitative estimate of drug-likeness (QED) is 0.935. The van der Waals surface area contributed by atoms with Crippen LogP contribution in [-0.2, 0) is 11.8 Å². The summed E-state index contributed by atoms with van der Waals surface area (Å²) >= 11 is 1.70. The van der Waals surface area contributed by atoms with Gasteiger partial charge in [-0.3, -0.25) is 0 Å². The standard InChI is InChI=1S/C15H22N4S/c1-6-16-13-7-11(17-10(2)18-13)8-14-19-12(9-20-14)15(3,4)5/h7,9H,6,8H2,1-5H3,(H,16,17,18). The van der Waals surface area contributed by atoms with Crippen LogP contribution < -0.4 is 5.32 Å². The Balaban J connectivity index is 2.19. The maximum absolute atomic E-state index is 4.72. The Morgan fingerprint density at radius 3 is 2.55 bits per heavy atom. The minimum Gasteiger partial charge on any atom is -0.370 e. The van der Waals surface area contributed by atoms with E-state index in [0.29, 0.717) is 0 Å². The number of rotatable bonds is 4. The van der Waals surface area contributed by atoms with E-state index < -0.39 is 0 Å². The van der Waals surface area contributed by atoms with Crippen LogP contribution in [0, 0.1) is 6.92 Å². The normalized spacial score (nSPS) is 11.7. The third-order valence-corrected chi connectivity index (χ3v) is 3.75. The molecule has 5 heteroatoms. The predicted octanol–water partition coefficient (Wildman–Crippen LogP) is 3.56.